The monoisotopic (exact) mass is 658 g/mol. The highest BCUT2D eigenvalue weighted by atomic mass is 32.3. The molecule has 3 heterocycles. The number of hydrogen-bond acceptors (Lipinski definition) is 7. The molecule has 242 valence electrons. The zero-order chi connectivity index (χ0) is 33.4. The van der Waals surface area contributed by atoms with Crippen molar-refractivity contribution in [2.75, 3.05) is 34.7 Å². The first-order chi connectivity index (χ1) is 23.1. The molecule has 11 nitrogen and oxygen atoms in total. The highest BCUT2D eigenvalue weighted by Crippen LogP contribution is 2.45. The van der Waals surface area contributed by atoms with Gasteiger partial charge in [-0.1, -0.05) is 42.0 Å². The molecule has 2 aromatic heterocycles. The zero-order valence-electron chi connectivity index (χ0n) is 26.9. The molecule has 4 N–H and O–H groups in total. The van der Waals surface area contributed by atoms with Crippen molar-refractivity contribution in [3.05, 3.63) is 114 Å². The molecule has 0 saturated carbocycles. The molecule has 6 aromatic rings. The number of rotatable bonds is 8. The second kappa shape index (κ2) is 12.4. The Morgan fingerprint density at radius 3 is 2.50 bits per heavy atom. The van der Waals surface area contributed by atoms with Gasteiger partial charge in [-0.15, -0.1) is 0 Å². The summed E-state index contributed by atoms with van der Waals surface area (Å²) in [5.74, 6) is 1.77. The molecule has 12 heteroatoms. The molecule has 1 aliphatic rings. The number of anilines is 4. The maximum atomic E-state index is 13.4. The molecular weight excluding hydrogens is 625 g/mol. The lowest BCUT2D eigenvalue weighted by Gasteiger charge is -2.21. The first-order valence-electron chi connectivity index (χ1n) is 15.2. The number of nitrogens with zero attached hydrogens (tertiary/aromatic N) is 4. The fourth-order valence-electron chi connectivity index (χ4n) is 5.38. The van der Waals surface area contributed by atoms with Crippen LogP contribution in [0, 0.1) is 6.92 Å². The van der Waals surface area contributed by atoms with Crippen LogP contribution in [0.25, 0.3) is 16.5 Å². The van der Waals surface area contributed by atoms with Gasteiger partial charge in [0.1, 0.15) is 16.6 Å². The number of fused-ring (bicyclic) bond motifs is 2. The number of urea groups is 1. The summed E-state index contributed by atoms with van der Waals surface area (Å²) < 4.78 is 8.01. The van der Waals surface area contributed by atoms with Gasteiger partial charge in [-0.25, -0.2) is 24.5 Å². The highest BCUT2D eigenvalue weighted by Gasteiger charge is 2.20. The fraction of sp³-hybridized carbons (Fsp3) is 0.139. The minimum absolute atomic E-state index is 0.0710. The molecule has 0 atom stereocenters. The Morgan fingerprint density at radius 2 is 1.71 bits per heavy atom. The van der Waals surface area contributed by atoms with Crippen LogP contribution in [0.3, 0.4) is 0 Å². The molecule has 0 saturated heterocycles. The summed E-state index contributed by atoms with van der Waals surface area (Å²) in [6, 6.07) is 28.0. The van der Waals surface area contributed by atoms with Gasteiger partial charge in [0.15, 0.2) is 0 Å². The maximum absolute atomic E-state index is 13.4. The summed E-state index contributed by atoms with van der Waals surface area (Å²) in [4.78, 5) is 34.2. The molecule has 7 rings (SSSR count). The predicted molar refractivity (Wildman–Crippen MR) is 192 cm³/mol. The second-order valence-corrected chi connectivity index (χ2v) is 16.3. The van der Waals surface area contributed by atoms with E-state index in [9.17, 15) is 9.59 Å². The van der Waals surface area contributed by atoms with Crippen molar-refractivity contribution < 1.29 is 14.3 Å². The standard InChI is InChI=1S/C36H34N8O3S/c1-22-9-12-25(13-10-22)44-31(20-33(43-44)48(2,3)4)41-36(46)40-29-15-16-30(28-8-6-5-7-27(28)29)47-32-17-18-37-35(42-32)39-24-11-14-26-23(19-24)21-38-34(26)45/h5-20H,21H2,1-4H3,(H,38,45)(H,37,39,42)(H2,40,41,46). The van der Waals surface area contributed by atoms with Gasteiger partial charge in [0.25, 0.3) is 5.91 Å². The van der Waals surface area contributed by atoms with E-state index in [0.717, 1.165) is 38.3 Å². The Balaban J connectivity index is 1.10. The van der Waals surface area contributed by atoms with Crippen molar-refractivity contribution in [3.63, 3.8) is 0 Å². The van der Waals surface area contributed by atoms with Crippen LogP contribution in [0.15, 0.2) is 102 Å². The van der Waals surface area contributed by atoms with Crippen molar-refractivity contribution in [3.8, 4) is 17.3 Å². The Hall–Kier alpha value is -5.88. The number of aryl methyl sites for hydroxylation is 1. The third-order valence-corrected chi connectivity index (χ3v) is 9.31. The van der Waals surface area contributed by atoms with Gasteiger partial charge in [0, 0.05) is 46.9 Å². The summed E-state index contributed by atoms with van der Waals surface area (Å²) in [5.41, 5.74) is 4.97. The first kappa shape index (κ1) is 30.8. The Kier molecular flexibility index (Phi) is 7.93. The minimum Gasteiger partial charge on any atom is -0.438 e. The second-order valence-electron chi connectivity index (χ2n) is 12.2. The number of carbonyl (C=O) groups excluding carboxylic acids is 2. The molecule has 0 fully saturated rings. The first-order valence-corrected chi connectivity index (χ1v) is 18.1. The highest BCUT2D eigenvalue weighted by molar-refractivity contribution is 8.32. The Bertz CT molecular complexity index is 2190. The molecule has 3 amide bonds. The van der Waals surface area contributed by atoms with E-state index in [4.69, 9.17) is 9.84 Å². The lowest BCUT2D eigenvalue weighted by Crippen LogP contribution is -2.21. The number of amides is 3. The van der Waals surface area contributed by atoms with Crippen LogP contribution in [-0.4, -0.2) is 50.5 Å². The molecule has 4 aromatic carbocycles. The van der Waals surface area contributed by atoms with Crippen LogP contribution in [0.5, 0.6) is 11.6 Å². The van der Waals surface area contributed by atoms with Gasteiger partial charge < -0.3 is 20.7 Å². The van der Waals surface area contributed by atoms with Crippen molar-refractivity contribution >= 4 is 55.9 Å². The van der Waals surface area contributed by atoms with Crippen LogP contribution in [0.4, 0.5) is 27.9 Å². The van der Waals surface area contributed by atoms with Crippen molar-refractivity contribution in [1.82, 2.24) is 25.1 Å². The normalized spacial score (nSPS) is 12.7. The van der Waals surface area contributed by atoms with Gasteiger partial charge in [-0.3, -0.25) is 10.1 Å². The quantitative estimate of drug-likeness (QED) is 0.132. The molecule has 0 unspecified atom stereocenters. The minimum atomic E-state index is -1.14. The number of carbonyl (C=O) groups is 2. The average molecular weight is 659 g/mol. The number of benzene rings is 4. The van der Waals surface area contributed by atoms with E-state index in [1.165, 1.54) is 0 Å². The van der Waals surface area contributed by atoms with Crippen molar-refractivity contribution in [1.29, 1.82) is 0 Å². The Labute approximate surface area is 279 Å². The predicted octanol–water partition coefficient (Wildman–Crippen LogP) is 7.60. The van der Waals surface area contributed by atoms with Gasteiger partial charge in [-0.05, 0) is 73.7 Å². The smallest absolute Gasteiger partial charge is 0.324 e. The number of aromatic nitrogens is 4. The summed E-state index contributed by atoms with van der Waals surface area (Å²) in [6.45, 7) is 2.53. The molecule has 1 aliphatic heterocycles. The van der Waals surface area contributed by atoms with E-state index in [1.54, 1.807) is 35.1 Å². The topological polar surface area (TPSA) is 135 Å². The summed E-state index contributed by atoms with van der Waals surface area (Å²) >= 11 is 0. The average Bonchev–Trinajstić information content (AvgIpc) is 3.66. The fourth-order valence-corrected chi connectivity index (χ4v) is 6.17. The van der Waals surface area contributed by atoms with E-state index in [1.807, 2.05) is 73.7 Å². The van der Waals surface area contributed by atoms with Crippen LogP contribution >= 0.6 is 10.0 Å². The van der Waals surface area contributed by atoms with Crippen LogP contribution in [-0.2, 0) is 6.54 Å². The van der Waals surface area contributed by atoms with E-state index in [-0.39, 0.29) is 5.91 Å². The van der Waals surface area contributed by atoms with E-state index < -0.39 is 16.1 Å². The van der Waals surface area contributed by atoms with E-state index in [2.05, 4.69) is 50.0 Å². The summed E-state index contributed by atoms with van der Waals surface area (Å²) in [5, 5.41) is 19.4. The molecule has 0 bridgehead atoms. The van der Waals surface area contributed by atoms with Gasteiger partial charge >= 0.3 is 6.03 Å². The largest absolute Gasteiger partial charge is 0.438 e. The lowest BCUT2D eigenvalue weighted by molar-refractivity contribution is 0.0965. The van der Waals surface area contributed by atoms with Gasteiger partial charge in [0.05, 0.1) is 11.4 Å². The zero-order valence-corrected chi connectivity index (χ0v) is 27.7. The van der Waals surface area contributed by atoms with E-state index >= 15 is 0 Å². The van der Waals surface area contributed by atoms with Crippen LogP contribution < -0.4 is 26.0 Å². The van der Waals surface area contributed by atoms with Gasteiger partial charge in [-0.2, -0.15) is 10.1 Å². The summed E-state index contributed by atoms with van der Waals surface area (Å²) in [7, 11) is -1.14. The molecule has 0 aliphatic carbocycles. The molecule has 48 heavy (non-hydrogen) atoms. The lowest BCUT2D eigenvalue weighted by atomic mass is 10.1. The summed E-state index contributed by atoms with van der Waals surface area (Å²) in [6.07, 6.45) is 8.12. The maximum Gasteiger partial charge on any atom is 0.324 e. The number of hydrogen-bond donors (Lipinski definition) is 4. The van der Waals surface area contributed by atoms with Crippen molar-refractivity contribution in [2.45, 2.75) is 18.5 Å². The SMILES string of the molecule is Cc1ccc(-n2nc(S(C)(C)C)cc2NC(=O)Nc2ccc(Oc3ccnc(Nc4ccc5c(c4)CNC5=O)n3)c3ccccc23)cc1. The number of ether oxygens (including phenoxy) is 1. The molecular formula is C36H34N8O3S. The van der Waals surface area contributed by atoms with Gasteiger partial charge in [0.2, 0.25) is 11.8 Å². The third kappa shape index (κ3) is 6.38. The number of nitrogens with one attached hydrogen (secondary N) is 4. The van der Waals surface area contributed by atoms with Crippen LogP contribution in [0.1, 0.15) is 21.5 Å². The third-order valence-electron chi connectivity index (χ3n) is 7.86. The molecule has 0 spiro atoms. The van der Waals surface area contributed by atoms with E-state index in [0.29, 0.717) is 41.2 Å². The Morgan fingerprint density at radius 1 is 0.917 bits per heavy atom. The van der Waals surface area contributed by atoms with Crippen molar-refractivity contribution in [2.24, 2.45) is 0 Å². The molecule has 0 radical (unpaired) electrons. The van der Waals surface area contributed by atoms with Crippen LogP contribution in [0.2, 0.25) is 0 Å².